The Morgan fingerprint density at radius 3 is 2.80 bits per heavy atom. The Balaban J connectivity index is 2.11. The van der Waals surface area contributed by atoms with Gasteiger partial charge in [0, 0.05) is 31.7 Å². The number of nitrogens with one attached hydrogen (secondary N) is 1. The SMILES string of the molecule is CC1(C)CN(CCOCC(F)F)CCN1. The van der Waals surface area contributed by atoms with Crippen molar-refractivity contribution in [2.24, 2.45) is 0 Å². The minimum atomic E-state index is -2.36. The second-order valence-corrected chi connectivity index (χ2v) is 4.55. The Kier molecular flexibility index (Phi) is 4.89. The van der Waals surface area contributed by atoms with Crippen molar-refractivity contribution in [3.8, 4) is 0 Å². The smallest absolute Gasteiger partial charge is 0.261 e. The Labute approximate surface area is 89.8 Å². The second-order valence-electron chi connectivity index (χ2n) is 4.55. The summed E-state index contributed by atoms with van der Waals surface area (Å²) >= 11 is 0. The van der Waals surface area contributed by atoms with Gasteiger partial charge in [0.25, 0.3) is 6.43 Å². The average molecular weight is 222 g/mol. The lowest BCUT2D eigenvalue weighted by Crippen LogP contribution is -2.57. The summed E-state index contributed by atoms with van der Waals surface area (Å²) in [5.74, 6) is 0. The van der Waals surface area contributed by atoms with Gasteiger partial charge >= 0.3 is 0 Å². The van der Waals surface area contributed by atoms with E-state index in [-0.39, 0.29) is 5.54 Å². The van der Waals surface area contributed by atoms with Crippen molar-refractivity contribution in [3.05, 3.63) is 0 Å². The summed E-state index contributed by atoms with van der Waals surface area (Å²) in [5.41, 5.74) is 0.112. The largest absolute Gasteiger partial charge is 0.374 e. The zero-order chi connectivity index (χ0) is 11.3. The third kappa shape index (κ3) is 5.39. The lowest BCUT2D eigenvalue weighted by atomic mass is 10.0. The summed E-state index contributed by atoms with van der Waals surface area (Å²) in [6.07, 6.45) is -2.36. The van der Waals surface area contributed by atoms with Crippen LogP contribution in [0.15, 0.2) is 0 Å². The van der Waals surface area contributed by atoms with Crippen LogP contribution in [-0.4, -0.2) is 56.3 Å². The average Bonchev–Trinajstić information content (AvgIpc) is 2.10. The van der Waals surface area contributed by atoms with Crippen molar-refractivity contribution in [3.63, 3.8) is 0 Å². The fraction of sp³-hybridized carbons (Fsp3) is 1.00. The summed E-state index contributed by atoms with van der Waals surface area (Å²) in [4.78, 5) is 2.24. The zero-order valence-corrected chi connectivity index (χ0v) is 9.43. The molecule has 0 aliphatic carbocycles. The molecule has 0 saturated carbocycles. The molecular weight excluding hydrogens is 202 g/mol. The first-order valence-corrected chi connectivity index (χ1v) is 5.33. The van der Waals surface area contributed by atoms with Crippen LogP contribution >= 0.6 is 0 Å². The molecule has 0 aromatic carbocycles. The monoisotopic (exact) mass is 222 g/mol. The topological polar surface area (TPSA) is 24.5 Å². The standard InChI is InChI=1S/C10H20F2N2O/c1-10(2)8-14(4-3-13-10)5-6-15-7-9(11)12/h9,13H,3-8H2,1-2H3. The first-order valence-electron chi connectivity index (χ1n) is 5.33. The van der Waals surface area contributed by atoms with Gasteiger partial charge in [-0.2, -0.15) is 0 Å². The van der Waals surface area contributed by atoms with Crippen LogP contribution in [0.25, 0.3) is 0 Å². The third-order valence-electron chi connectivity index (χ3n) is 2.45. The molecule has 1 aliphatic heterocycles. The molecular formula is C10H20F2N2O. The molecule has 1 rings (SSSR count). The van der Waals surface area contributed by atoms with Crippen LogP contribution in [0.5, 0.6) is 0 Å². The highest BCUT2D eigenvalue weighted by Crippen LogP contribution is 2.09. The van der Waals surface area contributed by atoms with Crippen LogP contribution in [0.4, 0.5) is 8.78 Å². The van der Waals surface area contributed by atoms with Gasteiger partial charge < -0.3 is 10.1 Å². The number of rotatable bonds is 5. The molecule has 0 amide bonds. The minimum absolute atomic E-state index is 0.112. The second kappa shape index (κ2) is 5.72. The fourth-order valence-corrected chi connectivity index (χ4v) is 1.80. The van der Waals surface area contributed by atoms with Crippen molar-refractivity contribution >= 4 is 0 Å². The first kappa shape index (κ1) is 12.8. The maximum atomic E-state index is 11.8. The highest BCUT2D eigenvalue weighted by atomic mass is 19.3. The summed E-state index contributed by atoms with van der Waals surface area (Å²) < 4.78 is 28.4. The van der Waals surface area contributed by atoms with Gasteiger partial charge in [-0.05, 0) is 13.8 Å². The van der Waals surface area contributed by atoms with Gasteiger partial charge in [-0.25, -0.2) is 8.78 Å². The van der Waals surface area contributed by atoms with Gasteiger partial charge in [0.15, 0.2) is 0 Å². The molecule has 5 heteroatoms. The summed E-state index contributed by atoms with van der Waals surface area (Å²) in [7, 11) is 0. The highest BCUT2D eigenvalue weighted by molar-refractivity contribution is 4.86. The van der Waals surface area contributed by atoms with Gasteiger partial charge in [0.05, 0.1) is 6.61 Å². The van der Waals surface area contributed by atoms with E-state index in [0.29, 0.717) is 6.61 Å². The normalized spacial score (nSPS) is 22.2. The Morgan fingerprint density at radius 1 is 1.47 bits per heavy atom. The Bertz CT molecular complexity index is 188. The predicted octanol–water partition coefficient (Wildman–Crippen LogP) is 0.952. The van der Waals surface area contributed by atoms with E-state index in [1.54, 1.807) is 0 Å². The van der Waals surface area contributed by atoms with Gasteiger partial charge in [0.1, 0.15) is 6.61 Å². The first-order chi connectivity index (χ1) is 6.99. The van der Waals surface area contributed by atoms with Gasteiger partial charge in [-0.1, -0.05) is 0 Å². The van der Waals surface area contributed by atoms with Crippen LogP contribution in [0, 0.1) is 0 Å². The minimum Gasteiger partial charge on any atom is -0.374 e. The maximum Gasteiger partial charge on any atom is 0.261 e. The van der Waals surface area contributed by atoms with E-state index in [4.69, 9.17) is 4.74 Å². The lowest BCUT2D eigenvalue weighted by Gasteiger charge is -2.39. The van der Waals surface area contributed by atoms with Gasteiger partial charge in [-0.15, -0.1) is 0 Å². The molecule has 0 bridgehead atoms. The maximum absolute atomic E-state index is 11.8. The van der Waals surface area contributed by atoms with Crippen molar-refractivity contribution in [1.82, 2.24) is 10.2 Å². The Morgan fingerprint density at radius 2 is 2.20 bits per heavy atom. The van der Waals surface area contributed by atoms with Gasteiger partial charge in [0.2, 0.25) is 0 Å². The van der Waals surface area contributed by atoms with E-state index in [2.05, 4.69) is 24.1 Å². The molecule has 1 fully saturated rings. The molecule has 90 valence electrons. The highest BCUT2D eigenvalue weighted by Gasteiger charge is 2.25. The third-order valence-corrected chi connectivity index (χ3v) is 2.45. The molecule has 0 spiro atoms. The molecule has 0 unspecified atom stereocenters. The van der Waals surface area contributed by atoms with Crippen LogP contribution in [0.3, 0.4) is 0 Å². The van der Waals surface area contributed by atoms with E-state index in [0.717, 1.165) is 26.2 Å². The van der Waals surface area contributed by atoms with Crippen LogP contribution in [-0.2, 0) is 4.74 Å². The van der Waals surface area contributed by atoms with Crippen molar-refractivity contribution < 1.29 is 13.5 Å². The molecule has 0 aromatic heterocycles. The van der Waals surface area contributed by atoms with Gasteiger partial charge in [-0.3, -0.25) is 4.90 Å². The van der Waals surface area contributed by atoms with Crippen LogP contribution in [0.2, 0.25) is 0 Å². The summed E-state index contributed by atoms with van der Waals surface area (Å²) in [6, 6.07) is 0. The zero-order valence-electron chi connectivity index (χ0n) is 9.43. The van der Waals surface area contributed by atoms with Crippen molar-refractivity contribution in [1.29, 1.82) is 0 Å². The number of hydrogen-bond donors (Lipinski definition) is 1. The number of ether oxygens (including phenoxy) is 1. The van der Waals surface area contributed by atoms with Crippen LogP contribution < -0.4 is 5.32 Å². The molecule has 0 atom stereocenters. The number of hydrogen-bond acceptors (Lipinski definition) is 3. The number of halogens is 2. The molecule has 0 aromatic rings. The summed E-state index contributed by atoms with van der Waals surface area (Å²) in [6.45, 7) is 7.79. The molecule has 1 heterocycles. The Hall–Kier alpha value is -0.260. The molecule has 1 aliphatic rings. The van der Waals surface area contributed by atoms with E-state index in [9.17, 15) is 8.78 Å². The molecule has 0 radical (unpaired) electrons. The van der Waals surface area contributed by atoms with E-state index < -0.39 is 13.0 Å². The molecule has 15 heavy (non-hydrogen) atoms. The predicted molar refractivity (Wildman–Crippen MR) is 55.3 cm³/mol. The van der Waals surface area contributed by atoms with E-state index in [1.807, 2.05) is 0 Å². The van der Waals surface area contributed by atoms with E-state index >= 15 is 0 Å². The van der Waals surface area contributed by atoms with Crippen LogP contribution in [0.1, 0.15) is 13.8 Å². The fourth-order valence-electron chi connectivity index (χ4n) is 1.80. The quantitative estimate of drug-likeness (QED) is 0.701. The number of piperazine rings is 1. The number of alkyl halides is 2. The summed E-state index contributed by atoms with van der Waals surface area (Å²) in [5, 5.41) is 3.39. The molecule has 1 N–H and O–H groups in total. The van der Waals surface area contributed by atoms with Crippen molar-refractivity contribution in [2.45, 2.75) is 25.8 Å². The lowest BCUT2D eigenvalue weighted by molar-refractivity contribution is 0.00545. The van der Waals surface area contributed by atoms with E-state index in [1.165, 1.54) is 0 Å². The van der Waals surface area contributed by atoms with Crippen molar-refractivity contribution in [2.75, 3.05) is 39.4 Å². The number of nitrogens with zero attached hydrogens (tertiary/aromatic N) is 1. The molecule has 3 nitrogen and oxygen atoms in total. The molecule has 1 saturated heterocycles.